The molecule has 0 saturated heterocycles. The summed E-state index contributed by atoms with van der Waals surface area (Å²) in [6, 6.07) is 50.2. The molecule has 7 aromatic rings. The first-order chi connectivity index (χ1) is 31.0. The zero-order chi connectivity index (χ0) is 49.0. The van der Waals surface area contributed by atoms with Crippen molar-refractivity contribution in [1.29, 1.82) is 0 Å². The molecule has 346 valence electrons. The molecule has 67 heavy (non-hydrogen) atoms. The fourth-order valence-corrected chi connectivity index (χ4v) is 12.1. The van der Waals surface area contributed by atoms with Gasteiger partial charge >= 0.3 is 39.9 Å². The molecule has 0 unspecified atom stereocenters. The van der Waals surface area contributed by atoms with Crippen molar-refractivity contribution in [1.82, 2.24) is 0 Å². The second-order valence-corrected chi connectivity index (χ2v) is 29.7. The van der Waals surface area contributed by atoms with Crippen LogP contribution in [0.4, 0.5) is 0 Å². The average Bonchev–Trinajstić information content (AvgIpc) is 3.60. The smallest absolute Gasteiger partial charge is 0.839 e. The maximum absolute atomic E-state index is 15.3. The third-order valence-corrected chi connectivity index (χ3v) is 17.5. The summed E-state index contributed by atoms with van der Waals surface area (Å²) < 4.78 is 0. The van der Waals surface area contributed by atoms with E-state index < -0.39 is 27.3 Å². The normalized spacial score (nSPS) is 11.2. The maximum atomic E-state index is 15.3. The molecule has 7 rings (SSSR count). The molecule has 5 heteroatoms. The minimum Gasteiger partial charge on any atom is -0.839 e. The van der Waals surface area contributed by atoms with Crippen molar-refractivity contribution in [2.75, 3.05) is 0 Å². The van der Waals surface area contributed by atoms with Crippen molar-refractivity contribution in [3.05, 3.63) is 257 Å². The summed E-state index contributed by atoms with van der Waals surface area (Å²) in [6.45, 7) is 35.0. The second kappa shape index (κ2) is 24.9. The van der Waals surface area contributed by atoms with Crippen LogP contribution in [0, 0.1) is 109 Å². The van der Waals surface area contributed by atoms with Crippen molar-refractivity contribution in [3.8, 4) is 0 Å². The summed E-state index contributed by atoms with van der Waals surface area (Å²) in [5, 5.41) is 32.0. The van der Waals surface area contributed by atoms with E-state index in [-0.39, 0.29) is 39.9 Å². The van der Waals surface area contributed by atoms with Crippen LogP contribution in [-0.2, 0) is 11.2 Å². The topological polar surface area (TPSA) is 46.1 Å². The van der Waals surface area contributed by atoms with E-state index in [1.54, 1.807) is 0 Å². The number of hydrogen-bond acceptors (Lipinski definition) is 2. The zero-order valence-electron chi connectivity index (χ0n) is 43.3. The summed E-state index contributed by atoms with van der Waals surface area (Å²) in [5.74, 6) is 0. The minimum absolute atomic E-state index is 0. The summed E-state index contributed by atoms with van der Waals surface area (Å²) >= 11 is 0. The standard InChI is InChI=1S/C36H38O2Si2.2C10H15.C6H6.Th/c1-39(2,3)33(35(37,29-19-11-7-12-20-29)30-21-13-8-14-22-30)27-28-34(40(4,5)6)36(38,31-23-15-9-16-24-31)32-25-17-10-18-26-32;2*1-6-7(2)9(4)10(5)8(6)3;1-2-4-6-5-3-1;/h7-26H,1-6H3;2*1-5H3;1-6H;/q-2;2*-1;;+4. The quantitative estimate of drug-likeness (QED) is 0.0865. The van der Waals surface area contributed by atoms with Crippen molar-refractivity contribution in [2.24, 2.45) is 0 Å². The van der Waals surface area contributed by atoms with E-state index in [0.717, 1.165) is 0 Å². The Labute approximate surface area is 439 Å². The van der Waals surface area contributed by atoms with Crippen molar-refractivity contribution < 1.29 is 50.2 Å². The molecule has 0 radical (unpaired) electrons. The second-order valence-electron chi connectivity index (χ2n) is 19.7. The molecule has 0 atom stereocenters. The van der Waals surface area contributed by atoms with Crippen LogP contribution in [-0.4, -0.2) is 16.1 Å². The van der Waals surface area contributed by atoms with Crippen LogP contribution in [0.15, 0.2) is 180 Å². The summed E-state index contributed by atoms with van der Waals surface area (Å²) in [4.78, 5) is 0. The maximum Gasteiger partial charge on any atom is 4.00 e. The summed E-state index contributed by atoms with van der Waals surface area (Å²) in [5.41, 5.74) is 21.0. The van der Waals surface area contributed by atoms with Gasteiger partial charge in [-0.05, 0) is 43.8 Å². The van der Waals surface area contributed by atoms with Gasteiger partial charge in [0.1, 0.15) is 0 Å². The molecule has 0 heterocycles. The number of benzene rings is 5. The fraction of sp³-hybridized carbons (Fsp3) is 0.290. The van der Waals surface area contributed by atoms with Gasteiger partial charge in [0.15, 0.2) is 0 Å². The van der Waals surface area contributed by atoms with E-state index in [4.69, 9.17) is 0 Å². The van der Waals surface area contributed by atoms with E-state index in [1.165, 1.54) is 55.6 Å². The largest absolute Gasteiger partial charge is 4.00 e. The fourth-order valence-electron chi connectivity index (χ4n) is 8.53. The predicted molar refractivity (Wildman–Crippen MR) is 286 cm³/mol. The summed E-state index contributed by atoms with van der Waals surface area (Å²) in [6.07, 6.45) is 0. The molecule has 0 aliphatic carbocycles. The molecular formula is C62H74O2Si2Th. The third kappa shape index (κ3) is 13.7. The van der Waals surface area contributed by atoms with Crippen LogP contribution >= 0.6 is 0 Å². The van der Waals surface area contributed by atoms with Gasteiger partial charge in [0.05, 0.1) is 16.1 Å². The molecule has 0 spiro atoms. The van der Waals surface area contributed by atoms with Crippen molar-refractivity contribution in [3.63, 3.8) is 0 Å². The number of rotatable bonds is 8. The van der Waals surface area contributed by atoms with Gasteiger partial charge in [0.2, 0.25) is 0 Å². The van der Waals surface area contributed by atoms with E-state index in [1.807, 2.05) is 158 Å². The van der Waals surface area contributed by atoms with Gasteiger partial charge in [-0.25, -0.2) is 0 Å². The van der Waals surface area contributed by atoms with Crippen LogP contribution in [0.3, 0.4) is 0 Å². The molecule has 0 aliphatic rings. The summed E-state index contributed by atoms with van der Waals surface area (Å²) in [7, 11) is -4.60. The van der Waals surface area contributed by atoms with Crippen LogP contribution in [0.25, 0.3) is 0 Å². The zero-order valence-corrected chi connectivity index (χ0v) is 49.4. The first-order valence-electron chi connectivity index (χ1n) is 23.3. The predicted octanol–water partition coefficient (Wildman–Crippen LogP) is 14.5. The Bertz CT molecular complexity index is 2280. The van der Waals surface area contributed by atoms with Gasteiger partial charge < -0.3 is 10.2 Å². The van der Waals surface area contributed by atoms with E-state index >= 15 is 10.2 Å². The van der Waals surface area contributed by atoms with Crippen LogP contribution in [0.1, 0.15) is 77.9 Å². The minimum atomic E-state index is -2.30. The van der Waals surface area contributed by atoms with Crippen molar-refractivity contribution in [2.45, 2.75) is 120 Å². The Kier molecular flexibility index (Phi) is 21.2. The first-order valence-corrected chi connectivity index (χ1v) is 30.3. The van der Waals surface area contributed by atoms with Crippen molar-refractivity contribution >= 4 is 16.1 Å². The molecular weight excluding hydrogens is 1060 g/mol. The first kappa shape index (κ1) is 57.1. The number of hydrogen-bond donors (Lipinski definition) is 0. The Morgan fingerprint density at radius 1 is 0.358 bits per heavy atom. The van der Waals surface area contributed by atoms with Crippen LogP contribution < -0.4 is 10.2 Å². The van der Waals surface area contributed by atoms with E-state index in [9.17, 15) is 0 Å². The average molecular weight is 1140 g/mol. The van der Waals surface area contributed by atoms with Crippen LogP contribution in [0.5, 0.6) is 0 Å². The molecule has 0 bridgehead atoms. The third-order valence-electron chi connectivity index (χ3n) is 13.5. The molecule has 0 aliphatic heterocycles. The van der Waals surface area contributed by atoms with E-state index in [2.05, 4.69) is 120 Å². The van der Waals surface area contributed by atoms with Gasteiger partial charge in [0, 0.05) is 0 Å². The monoisotopic (exact) mass is 1140 g/mol. The molecule has 0 fully saturated rings. The van der Waals surface area contributed by atoms with E-state index in [0.29, 0.717) is 32.6 Å². The van der Waals surface area contributed by atoms with Crippen LogP contribution in [0.2, 0.25) is 39.3 Å². The SMILES string of the molecule is C[Si](C)(C)C(=C=C=C(C([O-])(c1ccccc1)c1ccccc1)[Si](C)(C)C)C([O-])(c1ccccc1)c1ccccc1.Cc1c(C)c(C)[c-](C)c1C.Cc1c(C)c(C)[c-](C)c1C.[Th+4].c1ccccc1. The molecule has 0 aromatic heterocycles. The molecule has 0 N–H and O–H groups in total. The Morgan fingerprint density at radius 3 is 0.657 bits per heavy atom. The van der Waals surface area contributed by atoms with Gasteiger partial charge in [-0.1, -0.05) is 278 Å². The molecule has 0 amide bonds. The van der Waals surface area contributed by atoms with Gasteiger partial charge in [-0.2, -0.15) is 55.6 Å². The molecule has 7 aromatic carbocycles. The van der Waals surface area contributed by atoms with Gasteiger partial charge in [-0.15, -0.1) is 0 Å². The Balaban J connectivity index is 0.000000352. The Hall–Kier alpha value is -4.22. The van der Waals surface area contributed by atoms with Gasteiger partial charge in [-0.3, -0.25) is 0 Å². The van der Waals surface area contributed by atoms with Gasteiger partial charge in [0.25, 0.3) is 0 Å². The molecule has 2 nitrogen and oxygen atoms in total. The Morgan fingerprint density at radius 2 is 0.522 bits per heavy atom. The molecule has 0 saturated carbocycles.